The Morgan fingerprint density at radius 3 is 2.05 bits per heavy atom. The van der Waals surface area contributed by atoms with Gasteiger partial charge in [0.2, 0.25) is 0 Å². The normalized spacial score (nSPS) is 10.5. The van der Waals surface area contributed by atoms with E-state index in [9.17, 15) is 9.59 Å². The molecule has 0 aliphatic heterocycles. The average Bonchev–Trinajstić information content (AvgIpc) is 2.99. The fourth-order valence-corrected chi connectivity index (χ4v) is 4.64. The largest absolute Gasteiger partial charge is 0.497 e. The summed E-state index contributed by atoms with van der Waals surface area (Å²) in [5, 5.41) is 0.230. The van der Waals surface area contributed by atoms with Crippen molar-refractivity contribution in [1.82, 2.24) is 0 Å². The molecule has 0 radical (unpaired) electrons. The zero-order valence-corrected chi connectivity index (χ0v) is 24.8. The van der Waals surface area contributed by atoms with E-state index >= 15 is 0 Å². The third kappa shape index (κ3) is 7.87. The molecule has 42 heavy (non-hydrogen) atoms. The molecule has 0 atom stereocenters. The second-order valence-electron chi connectivity index (χ2n) is 8.91. The number of carbonyl (C=O) groups excluding carboxylic acids is 2. The molecule has 218 valence electrons. The van der Waals surface area contributed by atoms with E-state index in [4.69, 9.17) is 46.9 Å². The van der Waals surface area contributed by atoms with Crippen LogP contribution in [0.2, 0.25) is 10.0 Å². The minimum Gasteiger partial charge on any atom is -0.497 e. The highest BCUT2D eigenvalue weighted by Crippen LogP contribution is 2.41. The fraction of sp³-hybridized carbons (Fsp3) is 0.188. The molecule has 0 saturated carbocycles. The lowest BCUT2D eigenvalue weighted by Gasteiger charge is -2.22. The van der Waals surface area contributed by atoms with Crippen LogP contribution >= 0.6 is 23.2 Å². The number of amides is 1. The van der Waals surface area contributed by atoms with Gasteiger partial charge in [0.15, 0.2) is 5.75 Å². The van der Waals surface area contributed by atoms with E-state index in [0.717, 1.165) is 16.0 Å². The molecule has 10 heteroatoms. The Bertz CT molecular complexity index is 1510. The third-order valence-electron chi connectivity index (χ3n) is 6.08. The van der Waals surface area contributed by atoms with E-state index in [1.54, 1.807) is 50.4 Å². The van der Waals surface area contributed by atoms with Crippen LogP contribution in [0.4, 0.5) is 10.5 Å². The highest BCUT2D eigenvalue weighted by atomic mass is 35.5. The van der Waals surface area contributed by atoms with Crippen LogP contribution < -0.4 is 23.8 Å². The van der Waals surface area contributed by atoms with Gasteiger partial charge in [-0.05, 0) is 67.1 Å². The van der Waals surface area contributed by atoms with Crippen molar-refractivity contribution in [2.75, 3.05) is 32.3 Å². The van der Waals surface area contributed by atoms with Gasteiger partial charge >= 0.3 is 12.1 Å². The second kappa shape index (κ2) is 14.5. The van der Waals surface area contributed by atoms with E-state index in [0.29, 0.717) is 23.7 Å². The van der Waals surface area contributed by atoms with Gasteiger partial charge in [0, 0.05) is 12.0 Å². The summed E-state index contributed by atoms with van der Waals surface area (Å²) in [4.78, 5) is 26.6. The Balaban J connectivity index is 1.60. The van der Waals surface area contributed by atoms with Crippen molar-refractivity contribution in [3.63, 3.8) is 0 Å². The molecule has 0 bridgehead atoms. The molecule has 0 spiro atoms. The van der Waals surface area contributed by atoms with Gasteiger partial charge in [0.25, 0.3) is 0 Å². The Labute approximate surface area is 254 Å². The molecular formula is C32H29Cl2NO7. The number of hydrogen-bond donors (Lipinski definition) is 0. The molecule has 4 aromatic rings. The number of carbonyl (C=O) groups is 2. The summed E-state index contributed by atoms with van der Waals surface area (Å²) >= 11 is 13.2. The zero-order chi connectivity index (χ0) is 30.1. The van der Waals surface area contributed by atoms with Gasteiger partial charge in [0.1, 0.15) is 29.5 Å². The first-order chi connectivity index (χ1) is 20.3. The molecule has 8 nitrogen and oxygen atoms in total. The molecule has 0 aliphatic carbocycles. The van der Waals surface area contributed by atoms with E-state index < -0.39 is 18.6 Å². The number of methoxy groups -OCH3 is 2. The van der Waals surface area contributed by atoms with Gasteiger partial charge in [0.05, 0.1) is 36.6 Å². The zero-order valence-electron chi connectivity index (χ0n) is 23.3. The monoisotopic (exact) mass is 609 g/mol. The first-order valence-electron chi connectivity index (χ1n) is 13.0. The number of hydrogen-bond acceptors (Lipinski definition) is 7. The molecule has 0 N–H and O–H groups in total. The maximum atomic E-state index is 13.2. The predicted octanol–water partition coefficient (Wildman–Crippen LogP) is 7.96. The minimum absolute atomic E-state index is 0.115. The van der Waals surface area contributed by atoms with E-state index in [2.05, 4.69) is 0 Å². The number of benzene rings is 4. The van der Waals surface area contributed by atoms with Gasteiger partial charge in [-0.2, -0.15) is 0 Å². The molecule has 0 saturated heterocycles. The van der Waals surface area contributed by atoms with Crippen LogP contribution in [0.1, 0.15) is 18.1 Å². The van der Waals surface area contributed by atoms with Crippen LogP contribution in [0.15, 0.2) is 84.9 Å². The van der Waals surface area contributed by atoms with Crippen molar-refractivity contribution in [2.45, 2.75) is 13.3 Å². The quantitative estimate of drug-likeness (QED) is 0.159. The number of nitrogens with zero attached hydrogens (tertiary/aromatic N) is 1. The SMILES string of the molecule is CCOC(=O)CN(C(=O)Oc1ccc(OC)cc1)c1cc(Cl)c(Oc2ccc(OC)c(Cc3ccccc3)c2)c(Cl)c1. The molecule has 1 amide bonds. The van der Waals surface area contributed by atoms with Crippen molar-refractivity contribution in [2.24, 2.45) is 0 Å². The average molecular weight is 610 g/mol. The predicted molar refractivity (Wildman–Crippen MR) is 162 cm³/mol. The summed E-state index contributed by atoms with van der Waals surface area (Å²) in [6.07, 6.45) is -0.212. The summed E-state index contributed by atoms with van der Waals surface area (Å²) in [6, 6.07) is 24.7. The van der Waals surface area contributed by atoms with Crippen LogP contribution in [0.3, 0.4) is 0 Å². The molecular weight excluding hydrogens is 581 g/mol. The lowest BCUT2D eigenvalue weighted by atomic mass is 10.0. The van der Waals surface area contributed by atoms with Crippen LogP contribution in [-0.4, -0.2) is 39.4 Å². The number of halogens is 2. The van der Waals surface area contributed by atoms with E-state index in [1.165, 1.54) is 19.2 Å². The minimum atomic E-state index is -0.838. The van der Waals surface area contributed by atoms with Crippen molar-refractivity contribution in [3.05, 3.63) is 106 Å². The standard InChI is InChI=1S/C32H29Cl2NO7/c1-4-40-30(36)20-35(32(37)42-25-12-10-24(38-2)11-13-25)23-18-27(33)31(28(34)19-23)41-26-14-15-29(39-3)22(17-26)16-21-8-6-5-7-9-21/h5-15,17-19H,4,16,20H2,1-3H3. The van der Waals surface area contributed by atoms with Crippen molar-refractivity contribution in [1.29, 1.82) is 0 Å². The van der Waals surface area contributed by atoms with Gasteiger partial charge in [-0.1, -0.05) is 53.5 Å². The molecule has 0 heterocycles. The smallest absolute Gasteiger partial charge is 0.420 e. The van der Waals surface area contributed by atoms with Crippen molar-refractivity contribution < 1.29 is 33.3 Å². The maximum Gasteiger partial charge on any atom is 0.420 e. The number of ether oxygens (including phenoxy) is 5. The van der Waals surface area contributed by atoms with Gasteiger partial charge < -0.3 is 23.7 Å². The Kier molecular flexibility index (Phi) is 10.5. The van der Waals surface area contributed by atoms with Crippen molar-refractivity contribution in [3.8, 4) is 28.7 Å². The summed E-state index contributed by atoms with van der Waals surface area (Å²) in [7, 11) is 3.14. The number of anilines is 1. The van der Waals surface area contributed by atoms with Crippen LogP contribution in [0.25, 0.3) is 0 Å². The topological polar surface area (TPSA) is 83.5 Å². The lowest BCUT2D eigenvalue weighted by molar-refractivity contribution is -0.141. The molecule has 0 aromatic heterocycles. The van der Waals surface area contributed by atoms with Gasteiger partial charge in [-0.25, -0.2) is 4.79 Å². The molecule has 4 aromatic carbocycles. The molecule has 0 aliphatic rings. The van der Waals surface area contributed by atoms with Crippen LogP contribution in [0, 0.1) is 0 Å². The summed E-state index contributed by atoms with van der Waals surface area (Å²) in [5.41, 5.74) is 2.23. The highest BCUT2D eigenvalue weighted by Gasteiger charge is 2.25. The lowest BCUT2D eigenvalue weighted by Crippen LogP contribution is -2.38. The fourth-order valence-electron chi connectivity index (χ4n) is 4.09. The number of rotatable bonds is 11. The first-order valence-corrected chi connectivity index (χ1v) is 13.7. The van der Waals surface area contributed by atoms with Gasteiger partial charge in [-0.15, -0.1) is 0 Å². The van der Waals surface area contributed by atoms with Crippen LogP contribution in [0.5, 0.6) is 28.7 Å². The highest BCUT2D eigenvalue weighted by molar-refractivity contribution is 6.37. The molecule has 4 rings (SSSR count). The Hall–Kier alpha value is -4.40. The first kappa shape index (κ1) is 30.6. The van der Waals surface area contributed by atoms with E-state index in [1.807, 2.05) is 36.4 Å². The number of esters is 1. The Morgan fingerprint density at radius 2 is 1.43 bits per heavy atom. The van der Waals surface area contributed by atoms with Crippen LogP contribution in [-0.2, 0) is 16.0 Å². The maximum absolute atomic E-state index is 13.2. The second-order valence-corrected chi connectivity index (χ2v) is 9.73. The van der Waals surface area contributed by atoms with E-state index in [-0.39, 0.29) is 33.8 Å². The summed E-state index contributed by atoms with van der Waals surface area (Å²) in [5.74, 6) is 1.58. The Morgan fingerprint density at radius 1 is 0.786 bits per heavy atom. The summed E-state index contributed by atoms with van der Waals surface area (Å²) < 4.78 is 27.3. The molecule has 0 unspecified atom stereocenters. The van der Waals surface area contributed by atoms with Crippen molar-refractivity contribution >= 4 is 41.0 Å². The van der Waals surface area contributed by atoms with Gasteiger partial charge in [-0.3, -0.25) is 9.69 Å². The third-order valence-corrected chi connectivity index (χ3v) is 6.64. The summed E-state index contributed by atoms with van der Waals surface area (Å²) in [6.45, 7) is 1.38. The molecule has 0 fully saturated rings.